The second-order valence-corrected chi connectivity index (χ2v) is 14.7. The van der Waals surface area contributed by atoms with Gasteiger partial charge in [0.05, 0.1) is 0 Å². The Balaban J connectivity index is 1.84. The highest BCUT2D eigenvalue weighted by Crippen LogP contribution is 2.49. The van der Waals surface area contributed by atoms with Crippen LogP contribution < -0.4 is 0 Å². The summed E-state index contributed by atoms with van der Waals surface area (Å²) in [6.07, 6.45) is 2.39. The van der Waals surface area contributed by atoms with E-state index in [9.17, 15) is 0 Å². The summed E-state index contributed by atoms with van der Waals surface area (Å²) in [6.45, 7) is 18.4. The van der Waals surface area contributed by atoms with Crippen LogP contribution in [0.4, 0.5) is 0 Å². The molecule has 4 aromatic rings. The van der Waals surface area contributed by atoms with Crippen molar-refractivity contribution >= 4 is 43.5 Å². The zero-order valence-corrected chi connectivity index (χ0v) is 28.2. The molecular weight excluding hydrogens is 628 g/mol. The predicted molar refractivity (Wildman–Crippen MR) is 177 cm³/mol. The van der Waals surface area contributed by atoms with E-state index in [0.717, 1.165) is 25.1 Å². The van der Waals surface area contributed by atoms with Gasteiger partial charge in [-0.3, -0.25) is 0 Å². The molecule has 4 aromatic carbocycles. The van der Waals surface area contributed by atoms with Gasteiger partial charge in [-0.1, -0.05) is 73.4 Å². The van der Waals surface area contributed by atoms with Crippen LogP contribution in [0.25, 0.3) is 33.4 Å². The maximum absolute atomic E-state index is 6.77. The van der Waals surface area contributed by atoms with E-state index in [1.807, 2.05) is 12.1 Å². The molecule has 0 saturated carbocycles. The van der Waals surface area contributed by atoms with Crippen LogP contribution in [0.15, 0.2) is 63.5 Å². The normalized spacial score (nSPS) is 15.8. The Morgan fingerprint density at radius 2 is 1.13 bits per heavy atom. The summed E-state index contributed by atoms with van der Waals surface area (Å²) in [6, 6.07) is 19.9. The first kappa shape index (κ1) is 28.7. The second kappa shape index (κ2) is 10.2. The highest BCUT2D eigenvalue weighted by molar-refractivity contribution is 9.11. The van der Waals surface area contributed by atoms with Gasteiger partial charge in [0.1, 0.15) is 0 Å². The van der Waals surface area contributed by atoms with E-state index in [0.29, 0.717) is 0 Å². The van der Waals surface area contributed by atoms with Crippen molar-refractivity contribution in [3.63, 3.8) is 0 Å². The highest BCUT2D eigenvalue weighted by Gasteiger charge is 2.37. The van der Waals surface area contributed by atoms with Crippen LogP contribution in [0, 0.1) is 27.7 Å². The summed E-state index contributed by atoms with van der Waals surface area (Å²) in [5.74, 6) is 0. The Morgan fingerprint density at radius 3 is 1.74 bits per heavy atom. The standard InChI is InChI=1S/C36H37Br2Cl/c1-20-21(2)23(4)34(38)33(22(20)3)26-16-24(27-11-9-10-12-32(27)39)15-25(17-26)28-18-29-30(19-31(28)37)36(7,8)14-13-35(29,5)6/h9-12,15-19H,13-14H2,1-8H3. The van der Waals surface area contributed by atoms with Crippen LogP contribution >= 0.6 is 43.5 Å². The molecule has 0 fully saturated rings. The van der Waals surface area contributed by atoms with Crippen molar-refractivity contribution in [2.75, 3.05) is 0 Å². The van der Waals surface area contributed by atoms with Gasteiger partial charge in [0.2, 0.25) is 0 Å². The maximum Gasteiger partial charge on any atom is 0.0484 e. The summed E-state index contributed by atoms with van der Waals surface area (Å²) in [7, 11) is 0. The molecule has 0 N–H and O–H groups in total. The summed E-state index contributed by atoms with van der Waals surface area (Å²) < 4.78 is 2.30. The molecule has 0 saturated heterocycles. The molecule has 0 bridgehead atoms. The molecule has 0 spiro atoms. The Bertz CT molecular complexity index is 1600. The minimum atomic E-state index is 0.133. The average molecular weight is 665 g/mol. The molecule has 0 radical (unpaired) electrons. The van der Waals surface area contributed by atoms with Crippen LogP contribution in [0.2, 0.25) is 5.02 Å². The molecule has 3 heteroatoms. The maximum atomic E-state index is 6.77. The van der Waals surface area contributed by atoms with Crippen molar-refractivity contribution in [2.45, 2.75) is 79.1 Å². The lowest BCUT2D eigenvalue weighted by Gasteiger charge is -2.42. The third-order valence-corrected chi connectivity index (χ3v) is 11.2. The van der Waals surface area contributed by atoms with Gasteiger partial charge in [0.15, 0.2) is 0 Å². The first-order valence-corrected chi connectivity index (χ1v) is 15.7. The molecule has 1 aliphatic carbocycles. The Labute approximate surface area is 256 Å². The Hall–Kier alpha value is -1.87. The van der Waals surface area contributed by atoms with E-state index in [4.69, 9.17) is 11.6 Å². The lowest BCUT2D eigenvalue weighted by atomic mass is 9.63. The van der Waals surface area contributed by atoms with Crippen molar-refractivity contribution in [3.05, 3.63) is 102 Å². The van der Waals surface area contributed by atoms with Gasteiger partial charge in [-0.25, -0.2) is 0 Å². The molecule has 0 amide bonds. The van der Waals surface area contributed by atoms with E-state index < -0.39 is 0 Å². The Kier molecular flexibility index (Phi) is 7.49. The molecule has 1 aliphatic rings. The van der Waals surface area contributed by atoms with Crippen molar-refractivity contribution in [2.24, 2.45) is 0 Å². The highest BCUT2D eigenvalue weighted by atomic mass is 79.9. The number of hydrogen-bond acceptors (Lipinski definition) is 0. The lowest BCUT2D eigenvalue weighted by Crippen LogP contribution is -2.33. The van der Waals surface area contributed by atoms with E-state index in [1.165, 1.54) is 68.5 Å². The molecule has 5 rings (SSSR count). The van der Waals surface area contributed by atoms with Crippen molar-refractivity contribution < 1.29 is 0 Å². The quantitative estimate of drug-likeness (QED) is 0.204. The second-order valence-electron chi connectivity index (χ2n) is 12.6. The first-order valence-electron chi connectivity index (χ1n) is 13.7. The van der Waals surface area contributed by atoms with Gasteiger partial charge in [-0.15, -0.1) is 0 Å². The number of halogens is 3. The van der Waals surface area contributed by atoms with Gasteiger partial charge < -0.3 is 0 Å². The molecule has 0 aliphatic heterocycles. The fourth-order valence-electron chi connectivity index (χ4n) is 6.20. The number of fused-ring (bicyclic) bond motifs is 1. The number of rotatable bonds is 3. The minimum absolute atomic E-state index is 0.133. The fraction of sp³-hybridized carbons (Fsp3) is 0.333. The van der Waals surface area contributed by atoms with Gasteiger partial charge in [0.25, 0.3) is 0 Å². The van der Waals surface area contributed by atoms with Crippen LogP contribution in [-0.2, 0) is 10.8 Å². The van der Waals surface area contributed by atoms with E-state index in [-0.39, 0.29) is 10.8 Å². The topological polar surface area (TPSA) is 0 Å². The monoisotopic (exact) mass is 662 g/mol. The summed E-state index contributed by atoms with van der Waals surface area (Å²) in [4.78, 5) is 0. The summed E-state index contributed by atoms with van der Waals surface area (Å²) in [5, 5.41) is 0.764. The molecule has 39 heavy (non-hydrogen) atoms. The van der Waals surface area contributed by atoms with E-state index >= 15 is 0 Å². The van der Waals surface area contributed by atoms with Crippen molar-refractivity contribution in [3.8, 4) is 33.4 Å². The smallest absolute Gasteiger partial charge is 0.0484 e. The zero-order chi connectivity index (χ0) is 28.4. The first-order chi connectivity index (χ1) is 18.2. The summed E-state index contributed by atoms with van der Waals surface area (Å²) in [5.41, 5.74) is 15.5. The SMILES string of the molecule is Cc1c(C)c(C)c(-c2cc(-c3ccccc3Cl)cc(-c3cc4c(cc3Br)C(C)(C)CCC4(C)C)c2)c(Br)c1C. The molecule has 0 nitrogen and oxygen atoms in total. The molecule has 0 heterocycles. The van der Waals surface area contributed by atoms with Crippen molar-refractivity contribution in [1.29, 1.82) is 0 Å². The zero-order valence-electron chi connectivity index (χ0n) is 24.2. The lowest BCUT2D eigenvalue weighted by molar-refractivity contribution is 0.332. The minimum Gasteiger partial charge on any atom is -0.0837 e. The molecule has 0 atom stereocenters. The molecule has 202 valence electrons. The number of benzene rings is 4. The number of hydrogen-bond donors (Lipinski definition) is 0. The van der Waals surface area contributed by atoms with Gasteiger partial charge in [-0.05, 0) is 165 Å². The van der Waals surface area contributed by atoms with Gasteiger partial charge >= 0.3 is 0 Å². The third-order valence-electron chi connectivity index (χ3n) is 9.27. The van der Waals surface area contributed by atoms with E-state index in [1.54, 1.807) is 0 Å². The van der Waals surface area contributed by atoms with Crippen LogP contribution in [0.5, 0.6) is 0 Å². The molecule has 0 aromatic heterocycles. The molecular formula is C36H37Br2Cl. The molecule has 0 unspecified atom stereocenters. The van der Waals surface area contributed by atoms with Crippen LogP contribution in [0.1, 0.15) is 73.9 Å². The van der Waals surface area contributed by atoms with Gasteiger partial charge in [-0.2, -0.15) is 0 Å². The van der Waals surface area contributed by atoms with Crippen molar-refractivity contribution in [1.82, 2.24) is 0 Å². The summed E-state index contributed by atoms with van der Waals surface area (Å²) >= 11 is 14.8. The third kappa shape index (κ3) is 4.96. The average Bonchev–Trinajstić information content (AvgIpc) is 2.89. The Morgan fingerprint density at radius 1 is 0.615 bits per heavy atom. The predicted octanol–water partition coefficient (Wildman–Crippen LogP) is 12.4. The van der Waals surface area contributed by atoms with E-state index in [2.05, 4.69) is 130 Å². The van der Waals surface area contributed by atoms with Crippen LogP contribution in [-0.4, -0.2) is 0 Å². The van der Waals surface area contributed by atoms with Gasteiger partial charge in [0, 0.05) is 19.5 Å². The largest absolute Gasteiger partial charge is 0.0837 e. The van der Waals surface area contributed by atoms with Crippen LogP contribution in [0.3, 0.4) is 0 Å². The fourth-order valence-corrected chi connectivity index (χ4v) is 7.84.